The fraction of sp³-hybridized carbons (Fsp3) is 0.360. The van der Waals surface area contributed by atoms with Crippen molar-refractivity contribution in [3.8, 4) is 5.69 Å². The highest BCUT2D eigenvalue weighted by Gasteiger charge is 2.25. The van der Waals surface area contributed by atoms with Crippen LogP contribution < -0.4 is 10.2 Å². The summed E-state index contributed by atoms with van der Waals surface area (Å²) in [5.74, 6) is 0.252. The van der Waals surface area contributed by atoms with Crippen LogP contribution in [0.15, 0.2) is 53.7 Å². The molecule has 184 valence electrons. The molecule has 0 bridgehead atoms. The molecular formula is C25H29N5O4S. The van der Waals surface area contributed by atoms with Crippen molar-refractivity contribution in [1.82, 2.24) is 20.1 Å². The van der Waals surface area contributed by atoms with E-state index in [9.17, 15) is 9.59 Å². The summed E-state index contributed by atoms with van der Waals surface area (Å²) in [4.78, 5) is 26.6. The Morgan fingerprint density at radius 1 is 1.11 bits per heavy atom. The molecule has 0 saturated carbocycles. The Labute approximate surface area is 208 Å². The van der Waals surface area contributed by atoms with Gasteiger partial charge in [0, 0.05) is 19.6 Å². The highest BCUT2D eigenvalue weighted by atomic mass is 32.2. The number of nitrogens with zero attached hydrogens (tertiary/aromatic N) is 4. The van der Waals surface area contributed by atoms with Gasteiger partial charge >= 0.3 is 5.97 Å². The summed E-state index contributed by atoms with van der Waals surface area (Å²) >= 11 is 1.37. The minimum Gasteiger partial charge on any atom is -0.465 e. The van der Waals surface area contributed by atoms with Crippen molar-refractivity contribution >= 4 is 29.6 Å². The van der Waals surface area contributed by atoms with Crippen LogP contribution >= 0.6 is 11.8 Å². The second kappa shape index (κ2) is 11.4. The summed E-state index contributed by atoms with van der Waals surface area (Å²) in [6, 6.07) is 15.0. The number of amides is 1. The quantitative estimate of drug-likeness (QED) is 0.376. The summed E-state index contributed by atoms with van der Waals surface area (Å²) in [5.41, 5.74) is 3.44. The molecule has 1 fully saturated rings. The Hall–Kier alpha value is -3.37. The molecular weight excluding hydrogens is 466 g/mol. The number of thioether (sulfide) groups is 1. The van der Waals surface area contributed by atoms with Gasteiger partial charge in [-0.3, -0.25) is 9.36 Å². The molecule has 9 nitrogen and oxygen atoms in total. The highest BCUT2D eigenvalue weighted by Crippen LogP contribution is 2.31. The van der Waals surface area contributed by atoms with Crippen LogP contribution in [0.2, 0.25) is 0 Å². The summed E-state index contributed by atoms with van der Waals surface area (Å²) in [7, 11) is 1.35. The van der Waals surface area contributed by atoms with Crippen LogP contribution in [0.5, 0.6) is 0 Å². The van der Waals surface area contributed by atoms with Crippen molar-refractivity contribution in [3.63, 3.8) is 0 Å². The number of ether oxygens (including phenoxy) is 2. The third kappa shape index (κ3) is 5.83. The lowest BCUT2D eigenvalue weighted by atomic mass is 10.1. The number of rotatable bonds is 8. The zero-order valence-electron chi connectivity index (χ0n) is 20.1. The second-order valence-corrected chi connectivity index (χ2v) is 9.48. The van der Waals surface area contributed by atoms with E-state index in [4.69, 9.17) is 9.47 Å². The third-order valence-corrected chi connectivity index (χ3v) is 6.80. The zero-order chi connectivity index (χ0) is 24.8. The number of carbonyl (C=O) groups excluding carboxylic acids is 2. The Kier molecular flexibility index (Phi) is 8.04. The number of aromatic nitrogens is 3. The lowest BCUT2D eigenvalue weighted by Gasteiger charge is -2.28. The second-order valence-electron chi connectivity index (χ2n) is 8.17. The lowest BCUT2D eigenvalue weighted by Crippen LogP contribution is -2.38. The number of hydrogen-bond donors (Lipinski definition) is 1. The van der Waals surface area contributed by atoms with Gasteiger partial charge in [-0.2, -0.15) is 0 Å². The average molecular weight is 496 g/mol. The minimum absolute atomic E-state index is 0.112. The number of esters is 1. The van der Waals surface area contributed by atoms with Gasteiger partial charge in [0.2, 0.25) is 11.9 Å². The molecule has 2 aromatic carbocycles. The van der Waals surface area contributed by atoms with Gasteiger partial charge in [-0.1, -0.05) is 42.1 Å². The first-order valence-electron chi connectivity index (χ1n) is 11.4. The van der Waals surface area contributed by atoms with E-state index in [1.165, 1.54) is 18.9 Å². The number of nitrogens with one attached hydrogen (secondary N) is 1. The first-order chi connectivity index (χ1) is 17.0. The van der Waals surface area contributed by atoms with E-state index in [2.05, 4.69) is 33.4 Å². The molecule has 1 aromatic heterocycles. The highest BCUT2D eigenvalue weighted by molar-refractivity contribution is 8.00. The summed E-state index contributed by atoms with van der Waals surface area (Å²) in [6.07, 6.45) is 0. The zero-order valence-corrected chi connectivity index (χ0v) is 20.9. The van der Waals surface area contributed by atoms with E-state index >= 15 is 0 Å². The molecule has 0 spiro atoms. The van der Waals surface area contributed by atoms with Crippen molar-refractivity contribution in [2.24, 2.45) is 0 Å². The van der Waals surface area contributed by atoms with Gasteiger partial charge in [0.15, 0.2) is 5.16 Å². The maximum Gasteiger partial charge on any atom is 0.337 e. The summed E-state index contributed by atoms with van der Waals surface area (Å²) in [5, 5.41) is 12.2. The summed E-state index contributed by atoms with van der Waals surface area (Å²) < 4.78 is 12.2. The van der Waals surface area contributed by atoms with E-state index in [-0.39, 0.29) is 11.9 Å². The largest absolute Gasteiger partial charge is 0.465 e. The molecule has 4 rings (SSSR count). The molecule has 0 radical (unpaired) electrons. The molecule has 0 aliphatic carbocycles. The maximum atomic E-state index is 12.9. The van der Waals surface area contributed by atoms with Crippen LogP contribution in [0.25, 0.3) is 5.69 Å². The van der Waals surface area contributed by atoms with Gasteiger partial charge in [-0.15, -0.1) is 10.2 Å². The fourth-order valence-electron chi connectivity index (χ4n) is 3.75. The third-order valence-electron chi connectivity index (χ3n) is 5.76. The molecule has 1 amide bonds. The lowest BCUT2D eigenvalue weighted by molar-refractivity contribution is -0.120. The monoisotopic (exact) mass is 495 g/mol. The number of anilines is 1. The minimum atomic E-state index is -0.395. The number of benzene rings is 2. The predicted molar refractivity (Wildman–Crippen MR) is 134 cm³/mol. The molecule has 1 atom stereocenters. The van der Waals surface area contributed by atoms with Crippen LogP contribution in [0.3, 0.4) is 0 Å². The molecule has 2 heterocycles. The van der Waals surface area contributed by atoms with Crippen molar-refractivity contribution in [2.75, 3.05) is 38.3 Å². The van der Waals surface area contributed by atoms with Crippen molar-refractivity contribution < 1.29 is 19.1 Å². The van der Waals surface area contributed by atoms with Crippen LogP contribution in [0.1, 0.15) is 28.4 Å². The normalized spacial score (nSPS) is 14.4. The molecule has 10 heteroatoms. The number of morpholine rings is 1. The number of aryl methyl sites for hydroxylation is 1. The number of methoxy groups -OCH3 is 1. The maximum absolute atomic E-state index is 12.9. The van der Waals surface area contributed by atoms with E-state index in [1.54, 1.807) is 24.3 Å². The molecule has 1 aliphatic rings. The van der Waals surface area contributed by atoms with Gasteiger partial charge in [-0.05, 0) is 43.2 Å². The SMILES string of the molecule is COC(=O)c1ccc(CNC(=O)[C@@H](C)Sc2nnc(N3CCOCC3)n2-c2ccccc2C)cc1. The van der Waals surface area contributed by atoms with Crippen LogP contribution in [-0.4, -0.2) is 65.3 Å². The van der Waals surface area contributed by atoms with Crippen LogP contribution in [-0.2, 0) is 20.8 Å². The number of carbonyl (C=O) groups is 2. The molecule has 0 unspecified atom stereocenters. The fourth-order valence-corrected chi connectivity index (χ4v) is 4.63. The predicted octanol–water partition coefficient (Wildman–Crippen LogP) is 3.00. The van der Waals surface area contributed by atoms with Crippen LogP contribution in [0, 0.1) is 6.92 Å². The van der Waals surface area contributed by atoms with Crippen molar-refractivity contribution in [2.45, 2.75) is 30.8 Å². The topological polar surface area (TPSA) is 98.6 Å². The van der Waals surface area contributed by atoms with Gasteiger partial charge < -0.3 is 19.7 Å². The average Bonchev–Trinajstić information content (AvgIpc) is 3.31. The van der Waals surface area contributed by atoms with Crippen molar-refractivity contribution in [1.29, 1.82) is 0 Å². The molecule has 35 heavy (non-hydrogen) atoms. The van der Waals surface area contributed by atoms with E-state index in [1.807, 2.05) is 29.7 Å². The summed E-state index contributed by atoms with van der Waals surface area (Å²) in [6.45, 7) is 7.01. The van der Waals surface area contributed by atoms with E-state index < -0.39 is 5.25 Å². The molecule has 1 N–H and O–H groups in total. The van der Waals surface area contributed by atoms with Crippen molar-refractivity contribution in [3.05, 3.63) is 65.2 Å². The number of hydrogen-bond acceptors (Lipinski definition) is 8. The smallest absolute Gasteiger partial charge is 0.337 e. The standard InChI is InChI=1S/C25H29N5O4S/c1-17-6-4-5-7-21(17)30-24(29-12-14-34-15-13-29)27-28-25(30)35-18(2)22(31)26-16-19-8-10-20(11-9-19)23(32)33-3/h4-11,18H,12-16H2,1-3H3,(H,26,31)/t18-/m1/s1. The Morgan fingerprint density at radius 3 is 2.51 bits per heavy atom. The van der Waals surface area contributed by atoms with Gasteiger partial charge in [0.05, 0.1) is 36.8 Å². The molecule has 3 aromatic rings. The Morgan fingerprint density at radius 2 is 1.83 bits per heavy atom. The van der Waals surface area contributed by atoms with Crippen LogP contribution in [0.4, 0.5) is 5.95 Å². The first-order valence-corrected chi connectivity index (χ1v) is 12.3. The molecule has 1 aliphatic heterocycles. The van der Waals surface area contributed by atoms with E-state index in [0.29, 0.717) is 30.5 Å². The Bertz CT molecular complexity index is 1170. The number of para-hydroxylation sites is 1. The van der Waals surface area contributed by atoms with Gasteiger partial charge in [0.1, 0.15) is 0 Å². The Balaban J connectivity index is 1.48. The van der Waals surface area contributed by atoms with E-state index in [0.717, 1.165) is 35.9 Å². The van der Waals surface area contributed by atoms with Gasteiger partial charge in [0.25, 0.3) is 0 Å². The van der Waals surface area contributed by atoms with Gasteiger partial charge in [-0.25, -0.2) is 4.79 Å². The molecule has 1 saturated heterocycles. The first kappa shape index (κ1) is 24.7.